The molecule has 4 aliphatic rings. The summed E-state index contributed by atoms with van der Waals surface area (Å²) in [6, 6.07) is 7.20. The van der Waals surface area contributed by atoms with E-state index in [1.807, 2.05) is 0 Å². The van der Waals surface area contributed by atoms with E-state index in [0.29, 0.717) is 12.0 Å². The standard InChI is InChI=1S/C38H52N4/c1-27-19-21-35-31(25-27)37(29-15-9-3-5-11-17-33(29)41-35)39-23-13-7-8-14-24-40-38-30-16-10-4-6-12-18-34(30)42-36-22-20-28(2)26-32(36)38/h19-22,25-26,31,37,39H,3-18,23-24H2,1-2H3,(H,40,42)/t31?,37-/m0/s1. The molecule has 2 N–H and O–H groups in total. The molecule has 2 atom stereocenters. The number of allylic oxidation sites excluding steroid dienone is 4. The molecule has 4 nitrogen and oxygen atoms in total. The Morgan fingerprint density at radius 2 is 1.55 bits per heavy atom. The molecule has 0 bridgehead atoms. The number of hydrogen-bond acceptors (Lipinski definition) is 4. The molecule has 1 aromatic heterocycles. The van der Waals surface area contributed by atoms with Crippen LogP contribution in [0.1, 0.15) is 114 Å². The average molecular weight is 565 g/mol. The third-order valence-electron chi connectivity index (χ3n) is 9.97. The lowest BCUT2D eigenvalue weighted by Crippen LogP contribution is -2.44. The van der Waals surface area contributed by atoms with Gasteiger partial charge in [0, 0.05) is 46.7 Å². The van der Waals surface area contributed by atoms with E-state index in [-0.39, 0.29) is 0 Å². The number of anilines is 1. The fourth-order valence-corrected chi connectivity index (χ4v) is 7.65. The van der Waals surface area contributed by atoms with Crippen LogP contribution in [0.2, 0.25) is 0 Å². The Kier molecular flexibility index (Phi) is 9.90. The highest BCUT2D eigenvalue weighted by atomic mass is 15.0. The first-order chi connectivity index (χ1) is 20.7. The molecule has 0 amide bonds. The van der Waals surface area contributed by atoms with Gasteiger partial charge < -0.3 is 10.6 Å². The molecule has 2 heterocycles. The van der Waals surface area contributed by atoms with Crippen LogP contribution in [-0.4, -0.2) is 29.8 Å². The third-order valence-corrected chi connectivity index (χ3v) is 9.97. The molecule has 42 heavy (non-hydrogen) atoms. The zero-order valence-electron chi connectivity index (χ0n) is 26.2. The summed E-state index contributed by atoms with van der Waals surface area (Å²) in [7, 11) is 0. The molecular formula is C38H52N4. The number of aryl methyl sites for hydroxylation is 2. The largest absolute Gasteiger partial charge is 0.384 e. The van der Waals surface area contributed by atoms with E-state index in [9.17, 15) is 0 Å². The second kappa shape index (κ2) is 14.2. The molecular weight excluding hydrogens is 512 g/mol. The van der Waals surface area contributed by atoms with Crippen LogP contribution in [0.4, 0.5) is 5.69 Å². The second-order valence-corrected chi connectivity index (χ2v) is 13.3. The summed E-state index contributed by atoms with van der Waals surface area (Å²) in [5.74, 6) is 0.399. The van der Waals surface area contributed by atoms with Gasteiger partial charge in [0.25, 0.3) is 0 Å². The summed E-state index contributed by atoms with van der Waals surface area (Å²) in [5, 5.41) is 9.28. The molecule has 0 fully saturated rings. The molecule has 6 rings (SSSR count). The van der Waals surface area contributed by atoms with Gasteiger partial charge in [-0.05, 0) is 114 Å². The molecule has 0 radical (unpaired) electrons. The Hall–Kier alpha value is -2.72. The van der Waals surface area contributed by atoms with Gasteiger partial charge in [-0.3, -0.25) is 9.98 Å². The van der Waals surface area contributed by atoms with E-state index >= 15 is 0 Å². The van der Waals surface area contributed by atoms with Crippen molar-refractivity contribution < 1.29 is 0 Å². The Labute approximate surface area is 254 Å². The van der Waals surface area contributed by atoms with E-state index in [1.54, 1.807) is 5.57 Å². The van der Waals surface area contributed by atoms with Gasteiger partial charge in [-0.1, -0.05) is 67.9 Å². The first-order valence-electron chi connectivity index (χ1n) is 17.2. The molecule has 1 aromatic carbocycles. The van der Waals surface area contributed by atoms with E-state index < -0.39 is 0 Å². The Morgan fingerprint density at radius 3 is 2.40 bits per heavy atom. The zero-order valence-corrected chi connectivity index (χ0v) is 26.2. The van der Waals surface area contributed by atoms with Crippen LogP contribution in [0.25, 0.3) is 10.9 Å². The van der Waals surface area contributed by atoms with Crippen molar-refractivity contribution in [3.63, 3.8) is 0 Å². The highest BCUT2D eigenvalue weighted by Gasteiger charge is 2.33. The van der Waals surface area contributed by atoms with Crippen molar-refractivity contribution in [1.82, 2.24) is 10.3 Å². The number of aromatic nitrogens is 1. The highest BCUT2D eigenvalue weighted by molar-refractivity contribution is 6.02. The minimum absolute atomic E-state index is 0.399. The molecule has 224 valence electrons. The maximum atomic E-state index is 5.19. The summed E-state index contributed by atoms with van der Waals surface area (Å²) in [4.78, 5) is 10.3. The quantitative estimate of drug-likeness (QED) is 0.298. The van der Waals surface area contributed by atoms with Crippen molar-refractivity contribution in [3.8, 4) is 0 Å². The summed E-state index contributed by atoms with van der Waals surface area (Å²) in [6.45, 7) is 6.57. The van der Waals surface area contributed by atoms with Gasteiger partial charge in [0.05, 0.1) is 5.52 Å². The van der Waals surface area contributed by atoms with E-state index in [0.717, 1.165) is 37.9 Å². The molecule has 0 saturated heterocycles. The monoisotopic (exact) mass is 564 g/mol. The summed E-state index contributed by atoms with van der Waals surface area (Å²) in [6.07, 6.45) is 27.2. The number of nitrogens with zero attached hydrogens (tertiary/aromatic N) is 2. The second-order valence-electron chi connectivity index (χ2n) is 13.3. The minimum atomic E-state index is 0.399. The number of benzene rings is 1. The summed E-state index contributed by atoms with van der Waals surface area (Å²) < 4.78 is 0. The lowest BCUT2D eigenvalue weighted by molar-refractivity contribution is 0.465. The fourth-order valence-electron chi connectivity index (χ4n) is 7.65. The van der Waals surface area contributed by atoms with Gasteiger partial charge in [-0.15, -0.1) is 0 Å². The number of nitrogens with one attached hydrogen (secondary N) is 2. The van der Waals surface area contributed by atoms with Gasteiger partial charge in [-0.2, -0.15) is 0 Å². The molecule has 3 aliphatic carbocycles. The van der Waals surface area contributed by atoms with Gasteiger partial charge in [0.15, 0.2) is 0 Å². The van der Waals surface area contributed by atoms with Crippen molar-refractivity contribution in [2.75, 3.05) is 18.4 Å². The Balaban J connectivity index is 1.03. The normalized spacial score (nSPS) is 22.6. The summed E-state index contributed by atoms with van der Waals surface area (Å²) in [5.41, 5.74) is 12.4. The van der Waals surface area contributed by atoms with Crippen molar-refractivity contribution in [2.24, 2.45) is 10.9 Å². The van der Waals surface area contributed by atoms with Crippen LogP contribution in [-0.2, 0) is 12.8 Å². The van der Waals surface area contributed by atoms with Crippen LogP contribution < -0.4 is 10.6 Å². The molecule has 1 aliphatic heterocycles. The van der Waals surface area contributed by atoms with E-state index in [1.165, 1.54) is 128 Å². The third kappa shape index (κ3) is 6.91. The van der Waals surface area contributed by atoms with Crippen LogP contribution in [0.15, 0.2) is 58.3 Å². The lowest BCUT2D eigenvalue weighted by Gasteiger charge is -2.36. The van der Waals surface area contributed by atoms with Gasteiger partial charge >= 0.3 is 0 Å². The van der Waals surface area contributed by atoms with Gasteiger partial charge in [0.2, 0.25) is 0 Å². The minimum Gasteiger partial charge on any atom is -0.384 e. The van der Waals surface area contributed by atoms with Gasteiger partial charge in [-0.25, -0.2) is 0 Å². The number of aliphatic imine (C=N–C) groups is 1. The highest BCUT2D eigenvalue weighted by Crippen LogP contribution is 2.36. The Bertz CT molecular complexity index is 1380. The average Bonchev–Trinajstić information content (AvgIpc) is 2.96. The van der Waals surface area contributed by atoms with Crippen molar-refractivity contribution in [1.29, 1.82) is 0 Å². The maximum absolute atomic E-state index is 5.19. The zero-order chi connectivity index (χ0) is 28.7. The van der Waals surface area contributed by atoms with Crippen molar-refractivity contribution in [2.45, 2.75) is 123 Å². The number of unbranched alkanes of at least 4 members (excludes halogenated alkanes) is 3. The van der Waals surface area contributed by atoms with E-state index in [2.05, 4.69) is 60.9 Å². The SMILES string of the molecule is CC1=CC2C(=NC3=C(CCCCCC3)[C@@H]2NCCCCCCNc2c3c(nc4ccc(C)cc24)CCCCCC3)C=C1. The fraction of sp³-hybridized carbons (Fsp3) is 0.579. The molecule has 1 unspecified atom stereocenters. The first kappa shape index (κ1) is 29.4. The number of rotatable bonds is 9. The smallest absolute Gasteiger partial charge is 0.0726 e. The maximum Gasteiger partial charge on any atom is 0.0726 e. The number of hydrogen-bond donors (Lipinski definition) is 2. The number of fused-ring (bicyclic) bond motifs is 3. The lowest BCUT2D eigenvalue weighted by atomic mass is 9.78. The predicted molar refractivity (Wildman–Crippen MR) is 180 cm³/mol. The Morgan fingerprint density at radius 1 is 0.786 bits per heavy atom. The van der Waals surface area contributed by atoms with Crippen LogP contribution in [0, 0.1) is 12.8 Å². The molecule has 0 saturated carbocycles. The topological polar surface area (TPSA) is 49.3 Å². The molecule has 2 aromatic rings. The van der Waals surface area contributed by atoms with E-state index in [4.69, 9.17) is 9.98 Å². The van der Waals surface area contributed by atoms with Crippen LogP contribution >= 0.6 is 0 Å². The van der Waals surface area contributed by atoms with Crippen molar-refractivity contribution in [3.05, 3.63) is 70.1 Å². The summed E-state index contributed by atoms with van der Waals surface area (Å²) >= 11 is 0. The predicted octanol–water partition coefficient (Wildman–Crippen LogP) is 9.33. The van der Waals surface area contributed by atoms with Crippen LogP contribution in [0.5, 0.6) is 0 Å². The van der Waals surface area contributed by atoms with Crippen LogP contribution in [0.3, 0.4) is 0 Å². The number of pyridine rings is 1. The van der Waals surface area contributed by atoms with Gasteiger partial charge in [0.1, 0.15) is 0 Å². The van der Waals surface area contributed by atoms with Crippen molar-refractivity contribution >= 4 is 22.3 Å². The molecule has 4 heteroatoms. The molecule has 0 spiro atoms. The first-order valence-corrected chi connectivity index (χ1v) is 17.2.